The summed E-state index contributed by atoms with van der Waals surface area (Å²) in [4.78, 5) is 2.30. The summed E-state index contributed by atoms with van der Waals surface area (Å²) >= 11 is 0.115. The summed E-state index contributed by atoms with van der Waals surface area (Å²) in [5.41, 5.74) is -4.10. The maximum absolute atomic E-state index is 12.3. The molecule has 1 saturated carbocycles. The molecule has 0 spiro atoms. The molecule has 1 saturated heterocycles. The average molecular weight is 310 g/mol. The van der Waals surface area contributed by atoms with Crippen LogP contribution >= 0.6 is 11.8 Å². The lowest BCUT2D eigenvalue weighted by molar-refractivity contribution is -0.0330. The summed E-state index contributed by atoms with van der Waals surface area (Å²) in [6.45, 7) is 4.47. The van der Waals surface area contributed by atoms with Gasteiger partial charge in [-0.1, -0.05) is 19.3 Å². The van der Waals surface area contributed by atoms with E-state index in [1.165, 1.54) is 32.1 Å². The molecule has 2 aliphatic rings. The summed E-state index contributed by atoms with van der Waals surface area (Å²) in [6.07, 6.45) is 6.36. The highest BCUT2D eigenvalue weighted by Crippen LogP contribution is 2.32. The Morgan fingerprint density at radius 1 is 1.20 bits per heavy atom. The van der Waals surface area contributed by atoms with Gasteiger partial charge in [0.1, 0.15) is 0 Å². The van der Waals surface area contributed by atoms with E-state index in [1.807, 2.05) is 0 Å². The minimum atomic E-state index is -4.10. The van der Waals surface area contributed by atoms with Crippen molar-refractivity contribution >= 4 is 11.8 Å². The lowest BCUT2D eigenvalue weighted by Crippen LogP contribution is -2.58. The number of thioether (sulfide) groups is 1. The second-order valence-corrected chi connectivity index (χ2v) is 7.22. The molecular formula is C14H25F3N2S. The number of alkyl halides is 3. The Balaban J connectivity index is 1.86. The molecule has 0 aromatic carbocycles. The molecule has 1 aliphatic heterocycles. The highest BCUT2D eigenvalue weighted by atomic mass is 32.2. The van der Waals surface area contributed by atoms with Crippen LogP contribution in [0.1, 0.15) is 39.0 Å². The summed E-state index contributed by atoms with van der Waals surface area (Å²) < 4.78 is 36.8. The molecule has 2 atom stereocenters. The molecule has 1 heterocycles. The van der Waals surface area contributed by atoms with Gasteiger partial charge in [0.15, 0.2) is 0 Å². The normalized spacial score (nSPS) is 30.6. The molecule has 0 bridgehead atoms. The third-order valence-electron chi connectivity index (χ3n) is 4.49. The highest BCUT2D eigenvalue weighted by Gasteiger charge is 2.34. The summed E-state index contributed by atoms with van der Waals surface area (Å²) in [6, 6.07) is 0.811. The van der Waals surface area contributed by atoms with Gasteiger partial charge in [-0.05, 0) is 37.4 Å². The Hall–Kier alpha value is 0.0600. The first-order valence-electron chi connectivity index (χ1n) is 7.64. The van der Waals surface area contributed by atoms with Crippen LogP contribution in [-0.4, -0.2) is 47.9 Å². The Labute approximate surface area is 123 Å². The Morgan fingerprint density at radius 3 is 2.55 bits per heavy atom. The fourth-order valence-electron chi connectivity index (χ4n) is 3.52. The van der Waals surface area contributed by atoms with Crippen molar-refractivity contribution in [2.45, 2.75) is 56.6 Å². The minimum Gasteiger partial charge on any atom is -0.311 e. The molecule has 2 fully saturated rings. The Morgan fingerprint density at radius 2 is 1.90 bits per heavy atom. The molecule has 2 unspecified atom stereocenters. The van der Waals surface area contributed by atoms with Crippen molar-refractivity contribution in [3.63, 3.8) is 0 Å². The quantitative estimate of drug-likeness (QED) is 0.856. The van der Waals surface area contributed by atoms with Gasteiger partial charge in [-0.3, -0.25) is 4.90 Å². The van der Waals surface area contributed by atoms with E-state index in [2.05, 4.69) is 17.1 Å². The number of rotatable bonds is 4. The number of hydrogen-bond acceptors (Lipinski definition) is 3. The van der Waals surface area contributed by atoms with E-state index in [-0.39, 0.29) is 17.5 Å². The van der Waals surface area contributed by atoms with E-state index < -0.39 is 5.51 Å². The van der Waals surface area contributed by atoms with E-state index in [0.717, 1.165) is 13.1 Å². The van der Waals surface area contributed by atoms with Gasteiger partial charge in [-0.2, -0.15) is 13.2 Å². The van der Waals surface area contributed by atoms with Crippen LogP contribution in [0, 0.1) is 5.92 Å². The second-order valence-electron chi connectivity index (χ2n) is 6.06. The van der Waals surface area contributed by atoms with Gasteiger partial charge >= 0.3 is 5.51 Å². The fraction of sp³-hybridized carbons (Fsp3) is 1.00. The summed E-state index contributed by atoms with van der Waals surface area (Å²) in [5.74, 6) is 0.819. The SMILES string of the molecule is CC1CN(CCSC(F)(F)F)C(C2CCCCC2)CN1. The lowest BCUT2D eigenvalue weighted by atomic mass is 9.82. The van der Waals surface area contributed by atoms with Gasteiger partial charge in [-0.25, -0.2) is 0 Å². The zero-order chi connectivity index (χ0) is 14.6. The number of halogens is 3. The molecule has 118 valence electrons. The maximum atomic E-state index is 12.3. The monoisotopic (exact) mass is 310 g/mol. The van der Waals surface area contributed by atoms with Crippen LogP contribution in [0.25, 0.3) is 0 Å². The van der Waals surface area contributed by atoms with Crippen molar-refractivity contribution in [3.05, 3.63) is 0 Å². The van der Waals surface area contributed by atoms with Crippen LogP contribution < -0.4 is 5.32 Å². The van der Waals surface area contributed by atoms with Crippen LogP contribution in [0.4, 0.5) is 13.2 Å². The molecule has 20 heavy (non-hydrogen) atoms. The lowest BCUT2D eigenvalue weighted by Gasteiger charge is -2.44. The zero-order valence-electron chi connectivity index (χ0n) is 12.1. The standard InChI is InChI=1S/C14H25F3N2S/c1-11-10-19(7-8-20-14(15,16)17)13(9-18-11)12-5-3-2-4-6-12/h11-13,18H,2-10H2,1H3. The minimum absolute atomic E-state index is 0.115. The van der Waals surface area contributed by atoms with E-state index >= 15 is 0 Å². The van der Waals surface area contributed by atoms with Gasteiger partial charge in [0.05, 0.1) is 0 Å². The van der Waals surface area contributed by atoms with E-state index in [9.17, 15) is 13.2 Å². The largest absolute Gasteiger partial charge is 0.441 e. The first-order valence-corrected chi connectivity index (χ1v) is 8.62. The molecule has 6 heteroatoms. The molecule has 0 amide bonds. The number of piperazine rings is 1. The Bertz CT molecular complexity index is 293. The van der Waals surface area contributed by atoms with Crippen molar-refractivity contribution in [1.82, 2.24) is 10.2 Å². The van der Waals surface area contributed by atoms with Crippen LogP contribution in [0.15, 0.2) is 0 Å². The van der Waals surface area contributed by atoms with Crippen molar-refractivity contribution in [2.75, 3.05) is 25.4 Å². The van der Waals surface area contributed by atoms with E-state index in [1.54, 1.807) is 0 Å². The van der Waals surface area contributed by atoms with E-state index in [0.29, 0.717) is 24.5 Å². The number of nitrogens with one attached hydrogen (secondary N) is 1. The maximum Gasteiger partial charge on any atom is 0.441 e. The predicted octanol–water partition coefficient (Wildman–Crippen LogP) is 3.48. The van der Waals surface area contributed by atoms with Crippen LogP contribution in [0.2, 0.25) is 0 Å². The molecule has 1 aliphatic carbocycles. The van der Waals surface area contributed by atoms with E-state index in [4.69, 9.17) is 0 Å². The first kappa shape index (κ1) is 16.4. The first-order chi connectivity index (χ1) is 9.46. The summed E-state index contributed by atoms with van der Waals surface area (Å²) in [5, 5.41) is 3.50. The van der Waals surface area contributed by atoms with Crippen molar-refractivity contribution in [2.24, 2.45) is 5.92 Å². The summed E-state index contributed by atoms with van der Waals surface area (Å²) in [7, 11) is 0. The zero-order valence-corrected chi connectivity index (χ0v) is 12.9. The van der Waals surface area contributed by atoms with Gasteiger partial charge in [-0.15, -0.1) is 0 Å². The van der Waals surface area contributed by atoms with Crippen LogP contribution in [0.5, 0.6) is 0 Å². The third-order valence-corrected chi connectivity index (χ3v) is 5.21. The van der Waals surface area contributed by atoms with Crippen LogP contribution in [0.3, 0.4) is 0 Å². The van der Waals surface area contributed by atoms with Crippen molar-refractivity contribution in [3.8, 4) is 0 Å². The Kier molecular flexibility index (Phi) is 6.05. The number of hydrogen-bond donors (Lipinski definition) is 1. The fourth-order valence-corrected chi connectivity index (χ4v) is 4.08. The van der Waals surface area contributed by atoms with Gasteiger partial charge in [0.2, 0.25) is 0 Å². The smallest absolute Gasteiger partial charge is 0.311 e. The van der Waals surface area contributed by atoms with Crippen LogP contribution in [-0.2, 0) is 0 Å². The van der Waals surface area contributed by atoms with Gasteiger partial charge < -0.3 is 5.32 Å². The predicted molar refractivity (Wildman–Crippen MR) is 77.9 cm³/mol. The van der Waals surface area contributed by atoms with Gasteiger partial charge in [0.25, 0.3) is 0 Å². The molecular weight excluding hydrogens is 285 g/mol. The molecule has 1 N–H and O–H groups in total. The molecule has 0 aromatic rings. The molecule has 0 radical (unpaired) electrons. The molecule has 0 aromatic heterocycles. The number of nitrogens with zero attached hydrogens (tertiary/aromatic N) is 1. The molecule has 2 nitrogen and oxygen atoms in total. The average Bonchev–Trinajstić information content (AvgIpc) is 2.38. The van der Waals surface area contributed by atoms with Crippen molar-refractivity contribution < 1.29 is 13.2 Å². The molecule has 2 rings (SSSR count). The topological polar surface area (TPSA) is 15.3 Å². The second kappa shape index (κ2) is 7.36. The highest BCUT2D eigenvalue weighted by molar-refractivity contribution is 8.00. The third kappa shape index (κ3) is 5.11. The van der Waals surface area contributed by atoms with Gasteiger partial charge in [0, 0.05) is 37.5 Å². The van der Waals surface area contributed by atoms with Crippen molar-refractivity contribution in [1.29, 1.82) is 0 Å².